The molecule has 0 aromatic heterocycles. The lowest BCUT2D eigenvalue weighted by atomic mass is 10.2. The average Bonchev–Trinajstić information content (AvgIpc) is 2.74. The fourth-order valence-electron chi connectivity index (χ4n) is 3.35. The van der Waals surface area contributed by atoms with Gasteiger partial charge in [-0.25, -0.2) is 4.99 Å². The van der Waals surface area contributed by atoms with E-state index in [1.54, 1.807) is 21.3 Å². The van der Waals surface area contributed by atoms with E-state index in [1.807, 2.05) is 24.0 Å². The van der Waals surface area contributed by atoms with Crippen LogP contribution in [0.1, 0.15) is 19.4 Å². The molecule has 1 aromatic carbocycles. The minimum atomic E-state index is -4.22. The SMILES string of the molecule is CCNC(=NCc1cc(OC)c(OC)c(OC)c1)N1CCN(C(C)C(F)(F)F)CC1.I. The van der Waals surface area contributed by atoms with Gasteiger partial charge in [0.05, 0.1) is 27.9 Å². The summed E-state index contributed by atoms with van der Waals surface area (Å²) in [7, 11) is 4.65. The third-order valence-electron chi connectivity index (χ3n) is 5.11. The molecule has 1 saturated heterocycles. The van der Waals surface area contributed by atoms with Gasteiger partial charge >= 0.3 is 6.18 Å². The number of nitrogens with one attached hydrogen (secondary N) is 1. The van der Waals surface area contributed by atoms with Gasteiger partial charge in [0.15, 0.2) is 17.5 Å². The summed E-state index contributed by atoms with van der Waals surface area (Å²) in [6.07, 6.45) is -4.22. The minimum Gasteiger partial charge on any atom is -0.493 e. The summed E-state index contributed by atoms with van der Waals surface area (Å²) in [6.45, 7) is 5.79. The number of ether oxygens (including phenoxy) is 3. The highest BCUT2D eigenvalue weighted by atomic mass is 127. The van der Waals surface area contributed by atoms with Gasteiger partial charge in [0.1, 0.15) is 6.04 Å². The number of hydrogen-bond donors (Lipinski definition) is 1. The molecule has 1 unspecified atom stereocenters. The Balaban J connectivity index is 0.00000480. The standard InChI is InChI=1S/C20H31F3N4O3.HI/c1-6-24-19(27-9-7-26(8-10-27)14(2)20(21,22)23)25-13-15-11-16(28-3)18(30-5)17(12-15)29-4;/h11-12,14H,6-10,13H2,1-5H3,(H,24,25);1H. The first-order valence-electron chi connectivity index (χ1n) is 9.88. The van der Waals surface area contributed by atoms with Crippen LogP contribution in [0.25, 0.3) is 0 Å². The van der Waals surface area contributed by atoms with Crippen molar-refractivity contribution >= 4 is 29.9 Å². The third-order valence-corrected chi connectivity index (χ3v) is 5.11. The predicted molar refractivity (Wildman–Crippen MR) is 125 cm³/mol. The average molecular weight is 560 g/mol. The summed E-state index contributed by atoms with van der Waals surface area (Å²) in [5.41, 5.74) is 0.865. The van der Waals surface area contributed by atoms with Crippen molar-refractivity contribution in [3.05, 3.63) is 17.7 Å². The Kier molecular flexibility index (Phi) is 11.0. The number of piperazine rings is 1. The molecule has 7 nitrogen and oxygen atoms in total. The monoisotopic (exact) mass is 560 g/mol. The van der Waals surface area contributed by atoms with Crippen molar-refractivity contribution in [1.29, 1.82) is 0 Å². The van der Waals surface area contributed by atoms with Crippen LogP contribution >= 0.6 is 24.0 Å². The fraction of sp³-hybridized carbons (Fsp3) is 0.650. The first-order valence-corrected chi connectivity index (χ1v) is 9.88. The van der Waals surface area contributed by atoms with Crippen molar-refractivity contribution in [1.82, 2.24) is 15.1 Å². The van der Waals surface area contributed by atoms with E-state index in [2.05, 4.69) is 10.3 Å². The zero-order chi connectivity index (χ0) is 22.3. The molecule has 1 fully saturated rings. The van der Waals surface area contributed by atoms with E-state index < -0.39 is 12.2 Å². The van der Waals surface area contributed by atoms with E-state index in [-0.39, 0.29) is 24.0 Å². The number of methoxy groups -OCH3 is 3. The van der Waals surface area contributed by atoms with Crippen LogP contribution in [0, 0.1) is 0 Å². The quantitative estimate of drug-likeness (QED) is 0.314. The van der Waals surface area contributed by atoms with E-state index in [0.29, 0.717) is 62.5 Å². The van der Waals surface area contributed by atoms with Gasteiger partial charge in [0, 0.05) is 32.7 Å². The van der Waals surface area contributed by atoms with Crippen LogP contribution in [0.4, 0.5) is 13.2 Å². The van der Waals surface area contributed by atoms with Crippen LogP contribution in [-0.4, -0.2) is 82.0 Å². The van der Waals surface area contributed by atoms with E-state index in [1.165, 1.54) is 11.8 Å². The zero-order valence-electron chi connectivity index (χ0n) is 18.6. The minimum absolute atomic E-state index is 0. The molecule has 1 aromatic rings. The van der Waals surface area contributed by atoms with Crippen molar-refractivity contribution in [2.24, 2.45) is 4.99 Å². The summed E-state index contributed by atoms with van der Waals surface area (Å²) < 4.78 is 55.0. The molecule has 1 heterocycles. The second kappa shape index (κ2) is 12.4. The lowest BCUT2D eigenvalue weighted by Gasteiger charge is -2.39. The molecular formula is C20H32F3IN4O3. The predicted octanol–water partition coefficient (Wildman–Crippen LogP) is 3.36. The third kappa shape index (κ3) is 7.19. The molecule has 0 radical (unpaired) electrons. The molecule has 0 spiro atoms. The second-order valence-corrected chi connectivity index (χ2v) is 6.94. The number of halogens is 4. The Hall–Kier alpha value is -1.63. The van der Waals surface area contributed by atoms with Gasteiger partial charge in [-0.3, -0.25) is 4.90 Å². The van der Waals surface area contributed by atoms with Crippen molar-refractivity contribution in [2.45, 2.75) is 32.6 Å². The number of hydrogen-bond acceptors (Lipinski definition) is 5. The summed E-state index contributed by atoms with van der Waals surface area (Å²) in [5, 5.41) is 3.22. The first kappa shape index (κ1) is 27.4. The molecule has 2 rings (SSSR count). The van der Waals surface area contributed by atoms with Gasteiger partial charge in [0.25, 0.3) is 0 Å². The number of alkyl halides is 3. The van der Waals surface area contributed by atoms with E-state index >= 15 is 0 Å². The highest BCUT2D eigenvalue weighted by Gasteiger charge is 2.41. The van der Waals surface area contributed by atoms with Crippen LogP contribution in [0.2, 0.25) is 0 Å². The first-order chi connectivity index (χ1) is 14.2. The molecule has 1 aliphatic heterocycles. The topological polar surface area (TPSA) is 58.6 Å². The summed E-state index contributed by atoms with van der Waals surface area (Å²) in [6, 6.07) is 2.22. The molecule has 0 bridgehead atoms. The number of aliphatic imine (C=N–C) groups is 1. The molecule has 0 amide bonds. The van der Waals surface area contributed by atoms with E-state index in [0.717, 1.165) is 5.56 Å². The van der Waals surface area contributed by atoms with E-state index in [4.69, 9.17) is 14.2 Å². The van der Waals surface area contributed by atoms with Crippen molar-refractivity contribution in [3.8, 4) is 17.2 Å². The Morgan fingerprint density at radius 2 is 1.61 bits per heavy atom. The van der Waals surface area contributed by atoms with Crippen LogP contribution in [0.15, 0.2) is 17.1 Å². The van der Waals surface area contributed by atoms with Crippen molar-refractivity contribution in [3.63, 3.8) is 0 Å². The Bertz CT molecular complexity index is 701. The van der Waals surface area contributed by atoms with Crippen LogP contribution in [0.3, 0.4) is 0 Å². The zero-order valence-corrected chi connectivity index (χ0v) is 20.9. The molecule has 1 aliphatic rings. The highest BCUT2D eigenvalue weighted by molar-refractivity contribution is 14.0. The van der Waals surface area contributed by atoms with Gasteiger partial charge in [-0.1, -0.05) is 0 Å². The van der Waals surface area contributed by atoms with Crippen LogP contribution in [-0.2, 0) is 6.54 Å². The van der Waals surface area contributed by atoms with E-state index in [9.17, 15) is 13.2 Å². The van der Waals surface area contributed by atoms with Gasteiger partial charge in [-0.2, -0.15) is 13.2 Å². The van der Waals surface area contributed by atoms with Crippen LogP contribution in [0.5, 0.6) is 17.2 Å². The molecule has 1 atom stereocenters. The van der Waals surface area contributed by atoms with Crippen LogP contribution < -0.4 is 19.5 Å². The Labute approximate surface area is 198 Å². The largest absolute Gasteiger partial charge is 0.493 e. The van der Waals surface area contributed by atoms with Gasteiger partial charge in [0.2, 0.25) is 5.75 Å². The van der Waals surface area contributed by atoms with Gasteiger partial charge in [-0.15, -0.1) is 24.0 Å². The summed E-state index contributed by atoms with van der Waals surface area (Å²) in [5.74, 6) is 2.27. The number of nitrogens with zero attached hydrogens (tertiary/aromatic N) is 3. The van der Waals surface area contributed by atoms with Crippen molar-refractivity contribution < 1.29 is 27.4 Å². The smallest absolute Gasteiger partial charge is 0.403 e. The molecule has 1 N–H and O–H groups in total. The maximum Gasteiger partial charge on any atom is 0.403 e. The molecule has 178 valence electrons. The van der Waals surface area contributed by atoms with Gasteiger partial charge in [-0.05, 0) is 31.5 Å². The summed E-state index contributed by atoms with van der Waals surface area (Å²) >= 11 is 0. The molecule has 11 heteroatoms. The fourth-order valence-corrected chi connectivity index (χ4v) is 3.35. The number of rotatable bonds is 7. The van der Waals surface area contributed by atoms with Gasteiger partial charge < -0.3 is 24.4 Å². The molecular weight excluding hydrogens is 528 g/mol. The number of guanidine groups is 1. The lowest BCUT2D eigenvalue weighted by Crippen LogP contribution is -2.56. The summed E-state index contributed by atoms with van der Waals surface area (Å²) in [4.78, 5) is 8.12. The highest BCUT2D eigenvalue weighted by Crippen LogP contribution is 2.38. The lowest BCUT2D eigenvalue weighted by molar-refractivity contribution is -0.181. The molecule has 31 heavy (non-hydrogen) atoms. The maximum absolute atomic E-state index is 13.0. The van der Waals surface area contributed by atoms with Crippen molar-refractivity contribution in [2.75, 3.05) is 54.1 Å². The number of benzene rings is 1. The Morgan fingerprint density at radius 3 is 2.03 bits per heavy atom. The Morgan fingerprint density at radius 1 is 1.06 bits per heavy atom. The normalized spacial score (nSPS) is 16.4. The molecule has 0 aliphatic carbocycles. The molecule has 0 saturated carbocycles. The maximum atomic E-state index is 13.0. The second-order valence-electron chi connectivity index (χ2n) is 6.94.